The second-order valence-corrected chi connectivity index (χ2v) is 7.24. The standard InChI is InChI=1S/C23H26N4O3/c1-29-20-11-10-16(15-21(20)30-2)23(28)25-13-14-27-19-9-4-3-7-17(19)22(26-27)18-8-5-6-12-24-18/h5-6,8,10-12,15H,3-4,7,9,13-14H2,1-2H3,(H,25,28). The molecule has 1 aromatic carbocycles. The molecule has 2 aromatic heterocycles. The quantitative estimate of drug-likeness (QED) is 0.652. The van der Waals surface area contributed by atoms with Gasteiger partial charge in [-0.1, -0.05) is 6.07 Å². The van der Waals surface area contributed by atoms with Crippen molar-refractivity contribution in [3.63, 3.8) is 0 Å². The fraction of sp³-hybridized carbons (Fsp3) is 0.348. The SMILES string of the molecule is COc1ccc(C(=O)NCCn2nc(-c3ccccn3)c3c2CCCC3)cc1OC. The van der Waals surface area contributed by atoms with Crippen molar-refractivity contribution in [1.29, 1.82) is 0 Å². The summed E-state index contributed by atoms with van der Waals surface area (Å²) in [4.78, 5) is 17.1. The van der Waals surface area contributed by atoms with E-state index in [1.54, 1.807) is 38.6 Å². The van der Waals surface area contributed by atoms with E-state index in [0.717, 1.165) is 24.2 Å². The minimum Gasteiger partial charge on any atom is -0.493 e. The fourth-order valence-electron chi connectivity index (χ4n) is 3.92. The van der Waals surface area contributed by atoms with E-state index in [1.807, 2.05) is 22.9 Å². The zero-order chi connectivity index (χ0) is 20.9. The van der Waals surface area contributed by atoms with Crippen molar-refractivity contribution < 1.29 is 14.3 Å². The van der Waals surface area contributed by atoms with Crippen LogP contribution in [0.4, 0.5) is 0 Å². The minimum absolute atomic E-state index is 0.151. The number of hydrogen-bond donors (Lipinski definition) is 1. The maximum Gasteiger partial charge on any atom is 0.251 e. The van der Waals surface area contributed by atoms with Gasteiger partial charge < -0.3 is 14.8 Å². The number of ether oxygens (including phenoxy) is 2. The number of nitrogens with zero attached hydrogens (tertiary/aromatic N) is 3. The second kappa shape index (κ2) is 8.98. The van der Waals surface area contributed by atoms with Gasteiger partial charge in [0.1, 0.15) is 5.69 Å². The van der Waals surface area contributed by atoms with E-state index >= 15 is 0 Å². The molecule has 4 rings (SSSR count). The number of carbonyl (C=O) groups excluding carboxylic acids is 1. The molecule has 0 unspecified atom stereocenters. The Morgan fingerprint density at radius 2 is 1.93 bits per heavy atom. The summed E-state index contributed by atoms with van der Waals surface area (Å²) in [6.07, 6.45) is 6.18. The predicted molar refractivity (Wildman–Crippen MR) is 114 cm³/mol. The molecule has 3 aromatic rings. The molecular formula is C23H26N4O3. The third-order valence-electron chi connectivity index (χ3n) is 5.42. The number of amides is 1. The molecule has 0 aliphatic heterocycles. The van der Waals surface area contributed by atoms with Crippen LogP contribution in [0.15, 0.2) is 42.6 Å². The highest BCUT2D eigenvalue weighted by molar-refractivity contribution is 5.94. The zero-order valence-electron chi connectivity index (χ0n) is 17.4. The third-order valence-corrected chi connectivity index (χ3v) is 5.42. The van der Waals surface area contributed by atoms with Crippen molar-refractivity contribution in [2.45, 2.75) is 32.2 Å². The van der Waals surface area contributed by atoms with Gasteiger partial charge in [0.25, 0.3) is 5.91 Å². The molecule has 156 valence electrons. The summed E-state index contributed by atoms with van der Waals surface area (Å²) in [5.74, 6) is 0.979. The number of aromatic nitrogens is 3. The van der Waals surface area contributed by atoms with Crippen molar-refractivity contribution >= 4 is 5.91 Å². The van der Waals surface area contributed by atoms with Gasteiger partial charge in [0.15, 0.2) is 11.5 Å². The summed E-state index contributed by atoms with van der Waals surface area (Å²) in [6.45, 7) is 1.11. The molecule has 7 heteroatoms. The molecule has 1 amide bonds. The molecule has 0 bridgehead atoms. The smallest absolute Gasteiger partial charge is 0.251 e. The molecule has 0 saturated carbocycles. The van der Waals surface area contributed by atoms with Crippen LogP contribution in [-0.2, 0) is 19.4 Å². The monoisotopic (exact) mass is 406 g/mol. The van der Waals surface area contributed by atoms with Crippen LogP contribution in [0, 0.1) is 0 Å². The van der Waals surface area contributed by atoms with Gasteiger partial charge in [0.05, 0.1) is 26.5 Å². The van der Waals surface area contributed by atoms with Gasteiger partial charge in [-0.3, -0.25) is 14.5 Å². The number of pyridine rings is 1. The predicted octanol–water partition coefficient (Wildman–Crippen LogP) is 3.27. The van der Waals surface area contributed by atoms with Crippen molar-refractivity contribution in [1.82, 2.24) is 20.1 Å². The lowest BCUT2D eigenvalue weighted by Crippen LogP contribution is -2.28. The first-order chi connectivity index (χ1) is 14.7. The Hall–Kier alpha value is -3.35. The van der Waals surface area contributed by atoms with Gasteiger partial charge in [-0.25, -0.2) is 0 Å². The number of carbonyl (C=O) groups is 1. The number of fused-ring (bicyclic) bond motifs is 1. The van der Waals surface area contributed by atoms with E-state index in [9.17, 15) is 4.79 Å². The van der Waals surface area contributed by atoms with Crippen molar-refractivity contribution in [3.05, 3.63) is 59.4 Å². The lowest BCUT2D eigenvalue weighted by atomic mass is 9.95. The van der Waals surface area contributed by atoms with Gasteiger partial charge in [-0.05, 0) is 56.0 Å². The number of hydrogen-bond acceptors (Lipinski definition) is 5. The largest absolute Gasteiger partial charge is 0.493 e. The lowest BCUT2D eigenvalue weighted by molar-refractivity contribution is 0.0951. The van der Waals surface area contributed by atoms with Crippen molar-refractivity contribution in [2.75, 3.05) is 20.8 Å². The summed E-state index contributed by atoms with van der Waals surface area (Å²) in [7, 11) is 3.13. The van der Waals surface area contributed by atoms with E-state index in [-0.39, 0.29) is 5.91 Å². The number of benzene rings is 1. The van der Waals surface area contributed by atoms with Crippen LogP contribution in [0.2, 0.25) is 0 Å². The minimum atomic E-state index is -0.151. The van der Waals surface area contributed by atoms with E-state index in [4.69, 9.17) is 14.6 Å². The van der Waals surface area contributed by atoms with Crippen molar-refractivity contribution in [2.24, 2.45) is 0 Å². The maximum absolute atomic E-state index is 12.6. The summed E-state index contributed by atoms with van der Waals surface area (Å²) >= 11 is 0. The molecule has 1 aliphatic carbocycles. The third kappa shape index (κ3) is 4.01. The molecule has 0 atom stereocenters. The Balaban J connectivity index is 1.47. The summed E-state index contributed by atoms with van der Waals surface area (Å²) in [5.41, 5.74) is 4.97. The van der Waals surface area contributed by atoms with E-state index < -0.39 is 0 Å². The highest BCUT2D eigenvalue weighted by Crippen LogP contribution is 2.30. The first-order valence-electron chi connectivity index (χ1n) is 10.2. The normalized spacial score (nSPS) is 12.9. The van der Waals surface area contributed by atoms with Crippen LogP contribution in [0.5, 0.6) is 11.5 Å². The van der Waals surface area contributed by atoms with Crippen LogP contribution in [-0.4, -0.2) is 41.4 Å². The average molecular weight is 406 g/mol. The van der Waals surface area contributed by atoms with Gasteiger partial charge in [-0.2, -0.15) is 5.10 Å². The Kier molecular flexibility index (Phi) is 5.97. The topological polar surface area (TPSA) is 78.3 Å². The van der Waals surface area contributed by atoms with Crippen LogP contribution in [0.1, 0.15) is 34.5 Å². The van der Waals surface area contributed by atoms with Crippen LogP contribution in [0.3, 0.4) is 0 Å². The van der Waals surface area contributed by atoms with Gasteiger partial charge in [-0.15, -0.1) is 0 Å². The fourth-order valence-corrected chi connectivity index (χ4v) is 3.92. The molecule has 1 aliphatic rings. The number of rotatable bonds is 7. The number of nitrogens with one attached hydrogen (secondary N) is 1. The van der Waals surface area contributed by atoms with Gasteiger partial charge in [0, 0.05) is 29.6 Å². The second-order valence-electron chi connectivity index (χ2n) is 7.24. The van der Waals surface area contributed by atoms with Gasteiger partial charge >= 0.3 is 0 Å². The Morgan fingerprint density at radius 1 is 1.10 bits per heavy atom. The summed E-state index contributed by atoms with van der Waals surface area (Å²) in [5, 5.41) is 7.83. The molecule has 0 saturated heterocycles. The van der Waals surface area contributed by atoms with Crippen molar-refractivity contribution in [3.8, 4) is 22.9 Å². The van der Waals surface area contributed by atoms with E-state index in [2.05, 4.69) is 10.3 Å². The lowest BCUT2D eigenvalue weighted by Gasteiger charge is -2.14. The number of methoxy groups -OCH3 is 2. The molecule has 1 N–H and O–H groups in total. The highest BCUT2D eigenvalue weighted by atomic mass is 16.5. The average Bonchev–Trinajstić information content (AvgIpc) is 3.18. The molecule has 0 spiro atoms. The Bertz CT molecular complexity index is 1030. The van der Waals surface area contributed by atoms with Crippen LogP contribution >= 0.6 is 0 Å². The highest BCUT2D eigenvalue weighted by Gasteiger charge is 2.22. The molecule has 30 heavy (non-hydrogen) atoms. The first-order valence-corrected chi connectivity index (χ1v) is 10.2. The molecule has 7 nitrogen and oxygen atoms in total. The Labute approximate surface area is 176 Å². The van der Waals surface area contributed by atoms with E-state index in [0.29, 0.717) is 30.2 Å². The Morgan fingerprint density at radius 3 is 2.70 bits per heavy atom. The van der Waals surface area contributed by atoms with Crippen LogP contribution in [0.25, 0.3) is 11.4 Å². The van der Waals surface area contributed by atoms with Crippen LogP contribution < -0.4 is 14.8 Å². The summed E-state index contributed by atoms with van der Waals surface area (Å²) < 4.78 is 12.5. The molecule has 0 fully saturated rings. The first kappa shape index (κ1) is 19.9. The zero-order valence-corrected chi connectivity index (χ0v) is 17.4. The summed E-state index contributed by atoms with van der Waals surface area (Å²) in [6, 6.07) is 11.0. The van der Waals surface area contributed by atoms with E-state index in [1.165, 1.54) is 24.1 Å². The maximum atomic E-state index is 12.6. The molecule has 2 heterocycles. The molecular weight excluding hydrogens is 380 g/mol. The van der Waals surface area contributed by atoms with Gasteiger partial charge in [0.2, 0.25) is 0 Å². The molecule has 0 radical (unpaired) electrons.